The zero-order valence-electron chi connectivity index (χ0n) is 10.2. The molecule has 0 unspecified atom stereocenters. The number of hydrogen-bond acceptors (Lipinski definition) is 4. The number of anilines is 1. The predicted octanol–water partition coefficient (Wildman–Crippen LogP) is 2.13. The molecule has 3 heterocycles. The number of nitrogens with two attached hydrogens (primary N) is 1. The van der Waals surface area contributed by atoms with Crippen LogP contribution in [-0.2, 0) is 14.1 Å². The van der Waals surface area contributed by atoms with Gasteiger partial charge in [0.25, 0.3) is 0 Å². The van der Waals surface area contributed by atoms with Gasteiger partial charge in [0.1, 0.15) is 11.5 Å². The normalized spacial score (nSPS) is 11.0. The summed E-state index contributed by atoms with van der Waals surface area (Å²) in [6, 6.07) is 4.05. The molecule has 6 heteroatoms. The fraction of sp³-hybridized carbons (Fsp3) is 0.167. The summed E-state index contributed by atoms with van der Waals surface area (Å²) >= 11 is 1.65. The van der Waals surface area contributed by atoms with Gasteiger partial charge in [0.15, 0.2) is 5.82 Å². The summed E-state index contributed by atoms with van der Waals surface area (Å²) in [5.41, 5.74) is 7.90. The van der Waals surface area contributed by atoms with Gasteiger partial charge >= 0.3 is 0 Å². The summed E-state index contributed by atoms with van der Waals surface area (Å²) in [6.45, 7) is 0. The van der Waals surface area contributed by atoms with Crippen LogP contribution in [0.4, 0.5) is 5.82 Å². The zero-order chi connectivity index (χ0) is 12.7. The summed E-state index contributed by atoms with van der Waals surface area (Å²) < 4.78 is 3.64. The van der Waals surface area contributed by atoms with E-state index in [0.29, 0.717) is 5.82 Å². The van der Waals surface area contributed by atoms with Crippen molar-refractivity contribution in [3.05, 3.63) is 29.9 Å². The Morgan fingerprint density at radius 2 is 2.17 bits per heavy atom. The molecule has 0 aliphatic carbocycles. The maximum atomic E-state index is 6.12. The third kappa shape index (κ3) is 1.53. The van der Waals surface area contributed by atoms with Crippen LogP contribution in [-0.4, -0.2) is 19.3 Å². The summed E-state index contributed by atoms with van der Waals surface area (Å²) in [5, 5.41) is 6.52. The molecule has 92 valence electrons. The SMILES string of the molecule is Cn1ccnc1-c1nn(C)c(N)c1-c1cccs1. The summed E-state index contributed by atoms with van der Waals surface area (Å²) in [6.07, 6.45) is 3.66. The highest BCUT2D eigenvalue weighted by atomic mass is 32.1. The van der Waals surface area contributed by atoms with Gasteiger partial charge in [-0.1, -0.05) is 6.07 Å². The lowest BCUT2D eigenvalue weighted by Gasteiger charge is -2.01. The molecule has 0 amide bonds. The molecule has 3 rings (SSSR count). The Morgan fingerprint density at radius 1 is 1.33 bits per heavy atom. The Labute approximate surface area is 109 Å². The van der Waals surface area contributed by atoms with E-state index in [-0.39, 0.29) is 0 Å². The standard InChI is InChI=1S/C12H13N5S/c1-16-6-5-14-12(16)10-9(8-4-3-7-18-8)11(13)17(2)15-10/h3-7H,13H2,1-2H3. The second kappa shape index (κ2) is 3.99. The minimum atomic E-state index is 0.662. The van der Waals surface area contributed by atoms with E-state index in [4.69, 9.17) is 5.73 Å². The number of rotatable bonds is 2. The third-order valence-corrected chi connectivity index (χ3v) is 3.78. The first-order valence-corrected chi connectivity index (χ1v) is 6.40. The van der Waals surface area contributed by atoms with Crippen molar-refractivity contribution >= 4 is 17.2 Å². The van der Waals surface area contributed by atoms with Crippen molar-refractivity contribution in [2.45, 2.75) is 0 Å². The maximum absolute atomic E-state index is 6.12. The third-order valence-electron chi connectivity index (χ3n) is 2.89. The number of nitrogens with zero attached hydrogens (tertiary/aromatic N) is 4. The number of nitrogen functional groups attached to an aromatic ring is 1. The molecule has 0 fully saturated rings. The zero-order valence-corrected chi connectivity index (χ0v) is 11.0. The molecule has 5 nitrogen and oxygen atoms in total. The van der Waals surface area contributed by atoms with Gasteiger partial charge < -0.3 is 10.3 Å². The number of aromatic nitrogens is 4. The molecule has 0 aliphatic rings. The highest BCUT2D eigenvalue weighted by Crippen LogP contribution is 2.37. The van der Waals surface area contributed by atoms with Gasteiger partial charge in [0.2, 0.25) is 0 Å². The van der Waals surface area contributed by atoms with Crippen LogP contribution in [0.15, 0.2) is 29.9 Å². The van der Waals surface area contributed by atoms with E-state index in [0.717, 1.165) is 22.0 Å². The first-order chi connectivity index (χ1) is 8.68. The Hall–Kier alpha value is -2.08. The van der Waals surface area contributed by atoms with Crippen molar-refractivity contribution in [2.75, 3.05) is 5.73 Å². The number of thiophene rings is 1. The molecule has 0 aliphatic heterocycles. The fourth-order valence-corrected chi connectivity index (χ4v) is 2.73. The van der Waals surface area contributed by atoms with E-state index in [2.05, 4.69) is 10.1 Å². The minimum Gasteiger partial charge on any atom is -0.383 e. The van der Waals surface area contributed by atoms with Gasteiger partial charge in [-0.3, -0.25) is 4.68 Å². The Bertz CT molecular complexity index is 677. The predicted molar refractivity (Wildman–Crippen MR) is 73.1 cm³/mol. The van der Waals surface area contributed by atoms with Crippen molar-refractivity contribution < 1.29 is 0 Å². The van der Waals surface area contributed by atoms with E-state index < -0.39 is 0 Å². The average Bonchev–Trinajstić information content (AvgIpc) is 3.02. The Kier molecular flexibility index (Phi) is 2.45. The molecule has 3 aromatic heterocycles. The molecule has 0 atom stereocenters. The van der Waals surface area contributed by atoms with Crippen molar-refractivity contribution in [1.29, 1.82) is 0 Å². The van der Waals surface area contributed by atoms with E-state index in [1.54, 1.807) is 22.2 Å². The van der Waals surface area contributed by atoms with Gasteiger partial charge in [-0.15, -0.1) is 11.3 Å². The molecular formula is C12H13N5S. The lowest BCUT2D eigenvalue weighted by atomic mass is 10.2. The van der Waals surface area contributed by atoms with Crippen LogP contribution in [0, 0.1) is 0 Å². The van der Waals surface area contributed by atoms with Gasteiger partial charge in [-0.2, -0.15) is 5.10 Å². The van der Waals surface area contributed by atoms with E-state index in [1.165, 1.54) is 0 Å². The van der Waals surface area contributed by atoms with Crippen molar-refractivity contribution in [3.8, 4) is 22.0 Å². The summed E-state index contributed by atoms with van der Waals surface area (Å²) in [4.78, 5) is 5.46. The molecule has 0 bridgehead atoms. The van der Waals surface area contributed by atoms with Crippen LogP contribution in [0.3, 0.4) is 0 Å². The fourth-order valence-electron chi connectivity index (χ4n) is 1.95. The van der Waals surface area contributed by atoms with E-state index in [1.807, 2.05) is 42.4 Å². The van der Waals surface area contributed by atoms with Crippen LogP contribution in [0.25, 0.3) is 22.0 Å². The Morgan fingerprint density at radius 3 is 2.78 bits per heavy atom. The maximum Gasteiger partial charge on any atom is 0.161 e. The highest BCUT2D eigenvalue weighted by molar-refractivity contribution is 7.13. The molecule has 0 radical (unpaired) electrons. The minimum absolute atomic E-state index is 0.662. The van der Waals surface area contributed by atoms with Gasteiger partial charge in [0.05, 0.1) is 5.56 Å². The largest absolute Gasteiger partial charge is 0.383 e. The van der Waals surface area contributed by atoms with Crippen LogP contribution < -0.4 is 5.73 Å². The van der Waals surface area contributed by atoms with Crippen LogP contribution in [0.1, 0.15) is 0 Å². The topological polar surface area (TPSA) is 61.7 Å². The van der Waals surface area contributed by atoms with Crippen molar-refractivity contribution in [2.24, 2.45) is 14.1 Å². The van der Waals surface area contributed by atoms with Crippen molar-refractivity contribution in [3.63, 3.8) is 0 Å². The molecule has 2 N–H and O–H groups in total. The molecule has 18 heavy (non-hydrogen) atoms. The van der Waals surface area contributed by atoms with Crippen LogP contribution in [0.5, 0.6) is 0 Å². The number of aryl methyl sites for hydroxylation is 2. The molecular weight excluding hydrogens is 246 g/mol. The quantitative estimate of drug-likeness (QED) is 0.767. The molecule has 0 aromatic carbocycles. The number of imidazole rings is 1. The van der Waals surface area contributed by atoms with E-state index in [9.17, 15) is 0 Å². The monoisotopic (exact) mass is 259 g/mol. The summed E-state index contributed by atoms with van der Waals surface area (Å²) in [5.74, 6) is 1.49. The van der Waals surface area contributed by atoms with E-state index >= 15 is 0 Å². The van der Waals surface area contributed by atoms with Crippen LogP contribution in [0.2, 0.25) is 0 Å². The van der Waals surface area contributed by atoms with Gasteiger partial charge in [-0.05, 0) is 11.4 Å². The smallest absolute Gasteiger partial charge is 0.161 e. The summed E-state index contributed by atoms with van der Waals surface area (Å²) in [7, 11) is 3.80. The first-order valence-electron chi connectivity index (χ1n) is 5.52. The molecule has 0 saturated carbocycles. The highest BCUT2D eigenvalue weighted by Gasteiger charge is 2.20. The molecule has 0 saturated heterocycles. The van der Waals surface area contributed by atoms with Crippen molar-refractivity contribution in [1.82, 2.24) is 19.3 Å². The molecule has 0 spiro atoms. The second-order valence-corrected chi connectivity index (χ2v) is 5.02. The Balaban J connectivity index is 2.28. The lowest BCUT2D eigenvalue weighted by Crippen LogP contribution is -1.97. The first kappa shape index (κ1) is 11.0. The molecule has 3 aromatic rings. The van der Waals surface area contributed by atoms with Gasteiger partial charge in [0, 0.05) is 31.4 Å². The lowest BCUT2D eigenvalue weighted by molar-refractivity contribution is 0.776. The average molecular weight is 259 g/mol. The van der Waals surface area contributed by atoms with Gasteiger partial charge in [-0.25, -0.2) is 4.98 Å². The number of hydrogen-bond donors (Lipinski definition) is 1. The van der Waals surface area contributed by atoms with Crippen LogP contribution >= 0.6 is 11.3 Å². The second-order valence-electron chi connectivity index (χ2n) is 4.07.